The molecule has 1 saturated heterocycles. The average Bonchev–Trinajstić information content (AvgIpc) is 2.96. The van der Waals surface area contributed by atoms with Gasteiger partial charge >= 0.3 is 29.8 Å². The molecular formula is C27H37N3O14. The number of unbranched alkanes of at least 4 members (excludes halogenated alkanes) is 1. The lowest BCUT2D eigenvalue weighted by atomic mass is 9.97. The predicted molar refractivity (Wildman–Crippen MR) is 148 cm³/mol. The van der Waals surface area contributed by atoms with Gasteiger partial charge in [0.05, 0.1) is 33.5 Å². The lowest BCUT2D eigenvalue weighted by Gasteiger charge is -2.43. The quantitative estimate of drug-likeness (QED) is 0.0907. The summed E-state index contributed by atoms with van der Waals surface area (Å²) in [6.45, 7) is 3.64. The third-order valence-corrected chi connectivity index (χ3v) is 5.84. The van der Waals surface area contributed by atoms with Gasteiger partial charge in [0.2, 0.25) is 18.1 Å². The summed E-state index contributed by atoms with van der Waals surface area (Å²) in [4.78, 5) is 65.3. The number of hydrogen-bond acceptors (Lipinski definition) is 15. The standard InChI is InChI=1S/C27H37N3O14/c1-13(31)40-20-21(41-14(2)32)23(42-15(3)33)26(44-22(20)25(35)38-6)43-19-17(36-4)11-16(12-18(19)37-5)24(34)39-10-8-7-9-30-27(28)29/h11-12,20-23,26H,7-10H2,1-6H3,(H4,28,29,30)/t20-,21-,22-,23+,26+/m0/s1. The Labute approximate surface area is 252 Å². The van der Waals surface area contributed by atoms with E-state index in [9.17, 15) is 24.0 Å². The van der Waals surface area contributed by atoms with Crippen LogP contribution in [0.1, 0.15) is 44.0 Å². The number of ether oxygens (including phenoxy) is 9. The molecule has 244 valence electrons. The van der Waals surface area contributed by atoms with Gasteiger partial charge in [-0.3, -0.25) is 19.4 Å². The highest BCUT2D eigenvalue weighted by Crippen LogP contribution is 2.41. The van der Waals surface area contributed by atoms with E-state index in [2.05, 4.69) is 4.99 Å². The maximum absolute atomic E-state index is 12.8. The van der Waals surface area contributed by atoms with Crippen molar-refractivity contribution in [3.05, 3.63) is 17.7 Å². The molecule has 1 fully saturated rings. The van der Waals surface area contributed by atoms with E-state index in [-0.39, 0.29) is 35.4 Å². The Hall–Kier alpha value is -4.80. The summed E-state index contributed by atoms with van der Waals surface area (Å²) >= 11 is 0. The number of esters is 5. The molecule has 0 radical (unpaired) electrons. The molecule has 1 aromatic carbocycles. The van der Waals surface area contributed by atoms with Crippen LogP contribution in [0.4, 0.5) is 0 Å². The van der Waals surface area contributed by atoms with Gasteiger partial charge in [-0.15, -0.1) is 0 Å². The number of methoxy groups -OCH3 is 3. The molecule has 0 spiro atoms. The van der Waals surface area contributed by atoms with Gasteiger partial charge < -0.3 is 54.1 Å². The average molecular weight is 628 g/mol. The van der Waals surface area contributed by atoms with Crippen molar-refractivity contribution >= 4 is 35.8 Å². The Balaban J connectivity index is 2.46. The molecule has 5 atom stereocenters. The lowest BCUT2D eigenvalue weighted by Crippen LogP contribution is -2.64. The van der Waals surface area contributed by atoms with E-state index in [1.807, 2.05) is 0 Å². The van der Waals surface area contributed by atoms with Crippen molar-refractivity contribution in [3.8, 4) is 17.2 Å². The van der Waals surface area contributed by atoms with Crippen LogP contribution in [-0.4, -0.2) is 101 Å². The number of rotatable bonds is 14. The lowest BCUT2D eigenvalue weighted by molar-refractivity contribution is -0.282. The molecule has 17 heteroatoms. The van der Waals surface area contributed by atoms with E-state index in [1.54, 1.807) is 0 Å². The van der Waals surface area contributed by atoms with Crippen LogP contribution in [0.2, 0.25) is 0 Å². The molecule has 0 aromatic heterocycles. The number of guanidine groups is 1. The van der Waals surface area contributed by atoms with Crippen molar-refractivity contribution in [1.29, 1.82) is 0 Å². The van der Waals surface area contributed by atoms with Crippen molar-refractivity contribution in [3.63, 3.8) is 0 Å². The van der Waals surface area contributed by atoms with Crippen LogP contribution in [0, 0.1) is 0 Å². The van der Waals surface area contributed by atoms with Crippen molar-refractivity contribution in [2.24, 2.45) is 16.5 Å². The molecular weight excluding hydrogens is 590 g/mol. The van der Waals surface area contributed by atoms with Crippen molar-refractivity contribution in [2.45, 2.75) is 64.3 Å². The predicted octanol–water partition coefficient (Wildman–Crippen LogP) is -0.0140. The first-order chi connectivity index (χ1) is 20.8. The molecule has 4 N–H and O–H groups in total. The fraction of sp³-hybridized carbons (Fsp3) is 0.556. The SMILES string of the molecule is COC(=O)[C@H]1O[C@@H](Oc2c(OC)cc(C(=O)OCCCCN=C(N)N)cc2OC)[C@H](OC(C)=O)[C@@H](OC(C)=O)[C@@H]1OC(C)=O. The Morgan fingerprint density at radius 2 is 1.36 bits per heavy atom. The van der Waals surface area contributed by atoms with Crippen LogP contribution in [-0.2, 0) is 47.6 Å². The molecule has 1 aromatic rings. The van der Waals surface area contributed by atoms with E-state index in [0.717, 1.165) is 27.9 Å². The van der Waals surface area contributed by atoms with Gasteiger partial charge in [0.25, 0.3) is 0 Å². The zero-order chi connectivity index (χ0) is 33.0. The van der Waals surface area contributed by atoms with E-state index >= 15 is 0 Å². The Kier molecular flexibility index (Phi) is 13.5. The molecule has 1 aliphatic rings. The highest BCUT2D eigenvalue weighted by Gasteiger charge is 2.56. The minimum absolute atomic E-state index is 0.0341. The third-order valence-electron chi connectivity index (χ3n) is 5.84. The Morgan fingerprint density at radius 1 is 0.818 bits per heavy atom. The first-order valence-electron chi connectivity index (χ1n) is 13.2. The molecule has 0 saturated carbocycles. The van der Waals surface area contributed by atoms with Gasteiger partial charge in [0.15, 0.2) is 35.8 Å². The van der Waals surface area contributed by atoms with Gasteiger partial charge in [0.1, 0.15) is 0 Å². The number of aliphatic imine (C=N–C) groups is 1. The van der Waals surface area contributed by atoms with Crippen LogP contribution >= 0.6 is 0 Å². The zero-order valence-corrected chi connectivity index (χ0v) is 25.2. The molecule has 1 heterocycles. The number of carbonyl (C=O) groups excluding carboxylic acids is 5. The minimum atomic E-state index is -1.69. The Bertz CT molecular complexity index is 1210. The summed E-state index contributed by atoms with van der Waals surface area (Å²) in [6.07, 6.45) is -7.06. The first kappa shape index (κ1) is 35.4. The largest absolute Gasteiger partial charge is 0.493 e. The second-order valence-electron chi connectivity index (χ2n) is 9.15. The summed E-state index contributed by atoms with van der Waals surface area (Å²) in [5.74, 6) is -4.56. The highest BCUT2D eigenvalue weighted by molar-refractivity contribution is 5.91. The smallest absolute Gasteiger partial charge is 0.339 e. The van der Waals surface area contributed by atoms with Gasteiger partial charge in [-0.1, -0.05) is 0 Å². The normalized spacial score (nSPS) is 20.7. The summed E-state index contributed by atoms with van der Waals surface area (Å²) in [5, 5.41) is 0. The molecule has 0 aliphatic carbocycles. The number of hydrogen-bond donors (Lipinski definition) is 2. The number of nitrogens with zero attached hydrogens (tertiary/aromatic N) is 1. The van der Waals surface area contributed by atoms with Gasteiger partial charge in [-0.05, 0) is 25.0 Å². The summed E-state index contributed by atoms with van der Waals surface area (Å²) in [7, 11) is 3.61. The zero-order valence-electron chi connectivity index (χ0n) is 25.2. The summed E-state index contributed by atoms with van der Waals surface area (Å²) in [5.41, 5.74) is 10.6. The molecule has 0 unspecified atom stereocenters. The van der Waals surface area contributed by atoms with E-state index in [1.165, 1.54) is 26.4 Å². The monoisotopic (exact) mass is 627 g/mol. The maximum Gasteiger partial charge on any atom is 0.339 e. The number of benzene rings is 1. The number of carbonyl (C=O) groups is 5. The Morgan fingerprint density at radius 3 is 1.86 bits per heavy atom. The minimum Gasteiger partial charge on any atom is -0.493 e. The third kappa shape index (κ3) is 9.89. The maximum atomic E-state index is 12.8. The topological polar surface area (TPSA) is 233 Å². The van der Waals surface area contributed by atoms with Crippen molar-refractivity contribution in [2.75, 3.05) is 34.5 Å². The van der Waals surface area contributed by atoms with E-state index < -0.39 is 60.6 Å². The summed E-state index contributed by atoms with van der Waals surface area (Å²) < 4.78 is 48.7. The molecule has 0 bridgehead atoms. The first-order valence-corrected chi connectivity index (χ1v) is 13.2. The van der Waals surface area contributed by atoms with Crippen LogP contribution in [0.3, 0.4) is 0 Å². The van der Waals surface area contributed by atoms with E-state index in [0.29, 0.717) is 19.4 Å². The van der Waals surface area contributed by atoms with Crippen LogP contribution < -0.4 is 25.7 Å². The molecule has 0 amide bonds. The molecule has 2 rings (SSSR count). The van der Waals surface area contributed by atoms with Crippen LogP contribution in [0.5, 0.6) is 17.2 Å². The second-order valence-corrected chi connectivity index (χ2v) is 9.15. The number of nitrogens with two attached hydrogens (primary N) is 2. The van der Waals surface area contributed by atoms with E-state index in [4.69, 9.17) is 54.1 Å². The van der Waals surface area contributed by atoms with Crippen LogP contribution in [0.15, 0.2) is 17.1 Å². The molecule has 44 heavy (non-hydrogen) atoms. The molecule has 1 aliphatic heterocycles. The van der Waals surface area contributed by atoms with Crippen molar-refractivity contribution < 1.29 is 66.6 Å². The molecule has 17 nitrogen and oxygen atoms in total. The van der Waals surface area contributed by atoms with Gasteiger partial charge in [-0.25, -0.2) is 9.59 Å². The second kappa shape index (κ2) is 16.7. The van der Waals surface area contributed by atoms with Gasteiger partial charge in [-0.2, -0.15) is 0 Å². The summed E-state index contributed by atoms with van der Waals surface area (Å²) in [6, 6.07) is 2.60. The fourth-order valence-corrected chi connectivity index (χ4v) is 4.07. The van der Waals surface area contributed by atoms with Gasteiger partial charge in [0, 0.05) is 27.3 Å². The van der Waals surface area contributed by atoms with Crippen molar-refractivity contribution in [1.82, 2.24) is 0 Å². The van der Waals surface area contributed by atoms with Crippen LogP contribution in [0.25, 0.3) is 0 Å². The highest BCUT2D eigenvalue weighted by atomic mass is 16.7. The fourth-order valence-electron chi connectivity index (χ4n) is 4.07.